The molecule has 20 heavy (non-hydrogen) atoms. The van der Waals surface area contributed by atoms with Crippen molar-refractivity contribution >= 4 is 17.7 Å². The van der Waals surface area contributed by atoms with Crippen molar-refractivity contribution < 1.29 is 14.7 Å². The Hall–Kier alpha value is -2.04. The summed E-state index contributed by atoms with van der Waals surface area (Å²) in [5.74, 6) is -1.05. The van der Waals surface area contributed by atoms with E-state index >= 15 is 0 Å². The van der Waals surface area contributed by atoms with Crippen molar-refractivity contribution in [1.29, 1.82) is 0 Å². The molecule has 5 heteroatoms. The Morgan fingerprint density at radius 2 is 1.80 bits per heavy atom. The molecular weight excluding hydrogens is 256 g/mol. The van der Waals surface area contributed by atoms with E-state index in [1.807, 2.05) is 26.8 Å². The second-order valence-corrected chi connectivity index (χ2v) is 4.92. The molecule has 110 valence electrons. The topological polar surface area (TPSA) is 78.4 Å². The Morgan fingerprint density at radius 1 is 1.20 bits per heavy atom. The number of nitrogens with one attached hydrogen (secondary N) is 2. The molecule has 0 atom stereocenters. The zero-order valence-electron chi connectivity index (χ0n) is 12.4. The second-order valence-electron chi connectivity index (χ2n) is 4.92. The molecule has 3 N–H and O–H groups in total. The lowest BCUT2D eigenvalue weighted by Gasteiger charge is -2.17. The maximum Gasteiger partial charge on any atom is 0.337 e. The Bertz CT molecular complexity index is 508. The van der Waals surface area contributed by atoms with Gasteiger partial charge in [0.05, 0.1) is 11.3 Å². The van der Waals surface area contributed by atoms with Crippen molar-refractivity contribution in [1.82, 2.24) is 5.32 Å². The lowest BCUT2D eigenvalue weighted by atomic mass is 10.0. The summed E-state index contributed by atoms with van der Waals surface area (Å²) in [6.45, 7) is 7.60. The fourth-order valence-corrected chi connectivity index (χ4v) is 2.13. The van der Waals surface area contributed by atoms with E-state index in [-0.39, 0.29) is 17.6 Å². The number of carbonyl (C=O) groups excluding carboxylic acids is 1. The first-order valence-electron chi connectivity index (χ1n) is 6.81. The molecule has 1 rings (SSSR count). The normalized spacial score (nSPS) is 10.4. The third kappa shape index (κ3) is 3.98. The highest BCUT2D eigenvalue weighted by atomic mass is 16.4. The van der Waals surface area contributed by atoms with Crippen LogP contribution in [0.25, 0.3) is 0 Å². The molecule has 1 aromatic rings. The van der Waals surface area contributed by atoms with E-state index in [1.165, 1.54) is 0 Å². The summed E-state index contributed by atoms with van der Waals surface area (Å²) < 4.78 is 0. The molecule has 2 amide bonds. The van der Waals surface area contributed by atoms with E-state index in [4.69, 9.17) is 0 Å². The van der Waals surface area contributed by atoms with Crippen LogP contribution in [0.2, 0.25) is 0 Å². The van der Waals surface area contributed by atoms with Crippen molar-refractivity contribution in [2.75, 3.05) is 5.32 Å². The van der Waals surface area contributed by atoms with E-state index in [0.29, 0.717) is 5.69 Å². The number of aryl methyl sites for hydroxylation is 2. The van der Waals surface area contributed by atoms with Gasteiger partial charge in [0.1, 0.15) is 0 Å². The Labute approximate surface area is 119 Å². The number of rotatable bonds is 5. The average Bonchev–Trinajstić information content (AvgIpc) is 2.38. The molecule has 0 saturated heterocycles. The molecule has 5 nitrogen and oxygen atoms in total. The molecule has 0 aromatic heterocycles. The number of urea groups is 1. The summed E-state index contributed by atoms with van der Waals surface area (Å²) in [6, 6.07) is 3.13. The van der Waals surface area contributed by atoms with Crippen LogP contribution in [0.3, 0.4) is 0 Å². The van der Waals surface area contributed by atoms with Crippen molar-refractivity contribution in [3.05, 3.63) is 28.8 Å². The van der Waals surface area contributed by atoms with Crippen molar-refractivity contribution in [3.63, 3.8) is 0 Å². The summed E-state index contributed by atoms with van der Waals surface area (Å²) in [5.41, 5.74) is 2.06. The number of anilines is 1. The lowest BCUT2D eigenvalue weighted by Crippen LogP contribution is -2.37. The number of aromatic carboxylic acids is 1. The number of hydrogen-bond acceptors (Lipinski definition) is 2. The van der Waals surface area contributed by atoms with Crippen LogP contribution >= 0.6 is 0 Å². The molecule has 0 radical (unpaired) electrons. The third-order valence-electron chi connectivity index (χ3n) is 3.27. The van der Waals surface area contributed by atoms with Crippen LogP contribution in [0, 0.1) is 13.8 Å². The Morgan fingerprint density at radius 3 is 2.30 bits per heavy atom. The van der Waals surface area contributed by atoms with Gasteiger partial charge in [-0.3, -0.25) is 0 Å². The maximum atomic E-state index is 11.9. The summed E-state index contributed by atoms with van der Waals surface area (Å²) in [4.78, 5) is 23.2. The van der Waals surface area contributed by atoms with Gasteiger partial charge in [0.15, 0.2) is 0 Å². The number of carboxylic acids is 1. The van der Waals surface area contributed by atoms with Gasteiger partial charge in [-0.25, -0.2) is 9.59 Å². The van der Waals surface area contributed by atoms with Gasteiger partial charge in [-0.2, -0.15) is 0 Å². The van der Waals surface area contributed by atoms with E-state index in [0.717, 1.165) is 24.0 Å². The molecular formula is C15H22N2O3. The minimum atomic E-state index is -1.05. The minimum absolute atomic E-state index is 0.0917. The Balaban J connectivity index is 2.97. The summed E-state index contributed by atoms with van der Waals surface area (Å²) >= 11 is 0. The van der Waals surface area contributed by atoms with Gasteiger partial charge in [0.25, 0.3) is 0 Å². The molecule has 0 aliphatic rings. The molecule has 0 spiro atoms. The van der Waals surface area contributed by atoms with Gasteiger partial charge in [0, 0.05) is 6.04 Å². The van der Waals surface area contributed by atoms with Crippen molar-refractivity contribution in [2.24, 2.45) is 0 Å². The number of hydrogen-bond donors (Lipinski definition) is 3. The highest BCUT2D eigenvalue weighted by Crippen LogP contribution is 2.23. The van der Waals surface area contributed by atoms with Crippen LogP contribution in [0.5, 0.6) is 0 Å². The van der Waals surface area contributed by atoms with E-state index in [1.54, 1.807) is 13.0 Å². The monoisotopic (exact) mass is 278 g/mol. The largest absolute Gasteiger partial charge is 0.478 e. The predicted octanol–water partition coefficient (Wildman–Crippen LogP) is 3.31. The Kier molecular flexibility index (Phi) is 5.55. The number of carbonyl (C=O) groups is 2. The summed E-state index contributed by atoms with van der Waals surface area (Å²) in [6.07, 6.45) is 1.67. The molecule has 0 bridgehead atoms. The fourth-order valence-electron chi connectivity index (χ4n) is 2.13. The van der Waals surface area contributed by atoms with Crippen LogP contribution in [0.4, 0.5) is 10.5 Å². The van der Waals surface area contributed by atoms with E-state index in [9.17, 15) is 14.7 Å². The highest BCUT2D eigenvalue weighted by Gasteiger charge is 2.16. The van der Waals surface area contributed by atoms with Gasteiger partial charge < -0.3 is 15.7 Å². The van der Waals surface area contributed by atoms with Crippen molar-refractivity contribution in [3.8, 4) is 0 Å². The van der Waals surface area contributed by atoms with Gasteiger partial charge >= 0.3 is 12.0 Å². The van der Waals surface area contributed by atoms with Gasteiger partial charge in [0.2, 0.25) is 0 Å². The van der Waals surface area contributed by atoms with Crippen LogP contribution in [-0.2, 0) is 0 Å². The molecule has 0 fully saturated rings. The molecule has 0 unspecified atom stereocenters. The smallest absolute Gasteiger partial charge is 0.337 e. The van der Waals surface area contributed by atoms with Crippen LogP contribution < -0.4 is 10.6 Å². The number of amides is 2. The van der Waals surface area contributed by atoms with Crippen LogP contribution in [0.15, 0.2) is 12.1 Å². The number of benzene rings is 1. The van der Waals surface area contributed by atoms with Gasteiger partial charge in [-0.15, -0.1) is 0 Å². The lowest BCUT2D eigenvalue weighted by molar-refractivity contribution is 0.0698. The first-order valence-corrected chi connectivity index (χ1v) is 6.81. The third-order valence-corrected chi connectivity index (χ3v) is 3.27. The summed E-state index contributed by atoms with van der Waals surface area (Å²) in [7, 11) is 0. The molecule has 0 heterocycles. The quantitative estimate of drug-likeness (QED) is 0.773. The second kappa shape index (κ2) is 6.93. The SMILES string of the molecule is CCC(CC)NC(=O)Nc1c(C)cc(C)cc1C(=O)O. The molecule has 0 aliphatic carbocycles. The standard InChI is InChI=1S/C15H22N2O3/c1-5-11(6-2)16-15(20)17-13-10(4)7-9(3)8-12(13)14(18)19/h7-8,11H,5-6H2,1-4H3,(H,18,19)(H2,16,17,20). The first kappa shape index (κ1) is 16.0. The molecule has 1 aromatic carbocycles. The number of carboxylic acid groups (broad SMARTS) is 1. The van der Waals surface area contributed by atoms with Gasteiger partial charge in [-0.05, 0) is 43.9 Å². The van der Waals surface area contributed by atoms with Gasteiger partial charge in [-0.1, -0.05) is 19.9 Å². The zero-order valence-corrected chi connectivity index (χ0v) is 12.4. The highest BCUT2D eigenvalue weighted by molar-refractivity contribution is 6.01. The first-order chi connectivity index (χ1) is 9.38. The average molecular weight is 278 g/mol. The van der Waals surface area contributed by atoms with Crippen molar-refractivity contribution in [2.45, 2.75) is 46.6 Å². The van der Waals surface area contributed by atoms with Crippen LogP contribution in [-0.4, -0.2) is 23.1 Å². The summed E-state index contributed by atoms with van der Waals surface area (Å²) in [5, 5.41) is 14.7. The molecule has 0 saturated carbocycles. The predicted molar refractivity (Wildman–Crippen MR) is 79.4 cm³/mol. The fraction of sp³-hybridized carbons (Fsp3) is 0.467. The minimum Gasteiger partial charge on any atom is -0.478 e. The van der Waals surface area contributed by atoms with Crippen LogP contribution in [0.1, 0.15) is 48.2 Å². The van der Waals surface area contributed by atoms with E-state index in [2.05, 4.69) is 10.6 Å². The van der Waals surface area contributed by atoms with E-state index < -0.39 is 5.97 Å². The maximum absolute atomic E-state index is 11.9. The molecule has 0 aliphatic heterocycles. The zero-order chi connectivity index (χ0) is 15.3.